The Morgan fingerprint density at radius 2 is 2.16 bits per heavy atom. The van der Waals surface area contributed by atoms with E-state index in [1.54, 1.807) is 17.9 Å². The molecule has 0 radical (unpaired) electrons. The summed E-state index contributed by atoms with van der Waals surface area (Å²) in [4.78, 5) is 14.0. The molecule has 2 N–H and O–H groups in total. The number of halogens is 4. The molecule has 1 unspecified atom stereocenters. The predicted molar refractivity (Wildman–Crippen MR) is 86.4 cm³/mol. The van der Waals surface area contributed by atoms with Crippen LogP contribution in [0.4, 0.5) is 13.2 Å². The first-order chi connectivity index (χ1) is 11.2. The lowest BCUT2D eigenvalue weighted by molar-refractivity contribution is -0.272. The third-order valence-corrected chi connectivity index (χ3v) is 4.99. The lowest BCUT2D eigenvalue weighted by atomic mass is 9.87. The second-order valence-electron chi connectivity index (χ2n) is 6.71. The van der Waals surface area contributed by atoms with E-state index in [1.165, 1.54) is 0 Å². The standard InChI is InChI=1S/C15H21F3N4O2.ClH/c1-21-8-10(5-20-21)11-6-19-7-12(11)13(23)22-4-2-3-14(24,9-22)15(16,17)18;/h5,8,11-12,19,24H,2-4,6-7,9H2,1H3;1H/t11-,12+,14?;/m1./s1. The van der Waals surface area contributed by atoms with Crippen LogP contribution in [-0.2, 0) is 11.8 Å². The van der Waals surface area contributed by atoms with Gasteiger partial charge in [-0.15, -0.1) is 12.4 Å². The van der Waals surface area contributed by atoms with Crippen molar-refractivity contribution in [3.8, 4) is 0 Å². The van der Waals surface area contributed by atoms with Crippen LogP contribution in [0.15, 0.2) is 12.4 Å². The fraction of sp³-hybridized carbons (Fsp3) is 0.733. The van der Waals surface area contributed by atoms with E-state index >= 15 is 0 Å². The normalized spacial score (nSPS) is 30.2. The summed E-state index contributed by atoms with van der Waals surface area (Å²) in [5, 5.41) is 17.1. The van der Waals surface area contributed by atoms with Gasteiger partial charge in [0.15, 0.2) is 5.60 Å². The van der Waals surface area contributed by atoms with Crippen molar-refractivity contribution in [2.24, 2.45) is 13.0 Å². The van der Waals surface area contributed by atoms with Gasteiger partial charge in [-0.25, -0.2) is 0 Å². The Kier molecular flexibility index (Phi) is 5.70. The molecule has 3 rings (SSSR count). The van der Waals surface area contributed by atoms with Crippen LogP contribution in [0.2, 0.25) is 0 Å². The summed E-state index contributed by atoms with van der Waals surface area (Å²) >= 11 is 0. The Balaban J connectivity index is 0.00000225. The van der Waals surface area contributed by atoms with Gasteiger partial charge in [0.1, 0.15) is 0 Å². The molecular weight excluding hydrogens is 361 g/mol. The maximum atomic E-state index is 13.1. The second kappa shape index (κ2) is 7.13. The Bertz CT molecular complexity index is 624. The number of aliphatic hydroxyl groups is 1. The van der Waals surface area contributed by atoms with Crippen molar-refractivity contribution < 1.29 is 23.1 Å². The molecule has 1 aromatic heterocycles. The Labute approximate surface area is 149 Å². The van der Waals surface area contributed by atoms with E-state index < -0.39 is 24.2 Å². The smallest absolute Gasteiger partial charge is 0.379 e. The summed E-state index contributed by atoms with van der Waals surface area (Å²) in [6.07, 6.45) is -1.46. The summed E-state index contributed by atoms with van der Waals surface area (Å²) in [6.45, 7) is 0.553. The number of nitrogens with zero attached hydrogens (tertiary/aromatic N) is 3. The highest BCUT2D eigenvalue weighted by Crippen LogP contribution is 2.38. The minimum atomic E-state index is -4.73. The summed E-state index contributed by atoms with van der Waals surface area (Å²) in [5.74, 6) is -0.895. The van der Waals surface area contributed by atoms with Gasteiger partial charge in [0.2, 0.25) is 5.91 Å². The van der Waals surface area contributed by atoms with Crippen LogP contribution < -0.4 is 5.32 Å². The summed E-state index contributed by atoms with van der Waals surface area (Å²) in [6, 6.07) is 0. The van der Waals surface area contributed by atoms with Gasteiger partial charge in [0.05, 0.1) is 18.7 Å². The van der Waals surface area contributed by atoms with Crippen molar-refractivity contribution in [2.75, 3.05) is 26.2 Å². The van der Waals surface area contributed by atoms with Crippen LogP contribution in [0.25, 0.3) is 0 Å². The molecule has 3 atom stereocenters. The van der Waals surface area contributed by atoms with Crippen LogP contribution in [0.5, 0.6) is 0 Å². The largest absolute Gasteiger partial charge is 0.418 e. The number of carbonyl (C=O) groups excluding carboxylic acids is 1. The van der Waals surface area contributed by atoms with Crippen LogP contribution in [0, 0.1) is 5.92 Å². The van der Waals surface area contributed by atoms with Gasteiger partial charge in [-0.05, 0) is 18.4 Å². The molecule has 0 aliphatic carbocycles. The molecule has 3 heterocycles. The van der Waals surface area contributed by atoms with Gasteiger partial charge < -0.3 is 15.3 Å². The lowest BCUT2D eigenvalue weighted by Gasteiger charge is -2.41. The van der Waals surface area contributed by atoms with Gasteiger partial charge in [0.25, 0.3) is 0 Å². The van der Waals surface area contributed by atoms with Crippen LogP contribution in [0.1, 0.15) is 24.3 Å². The highest BCUT2D eigenvalue weighted by atomic mass is 35.5. The molecule has 2 saturated heterocycles. The molecule has 142 valence electrons. The maximum Gasteiger partial charge on any atom is 0.418 e. The van der Waals surface area contributed by atoms with Gasteiger partial charge >= 0.3 is 6.18 Å². The van der Waals surface area contributed by atoms with Crippen LogP contribution in [-0.4, -0.2) is 63.7 Å². The van der Waals surface area contributed by atoms with E-state index in [1.807, 2.05) is 6.20 Å². The maximum absolute atomic E-state index is 13.1. The molecule has 0 spiro atoms. The molecule has 0 aromatic carbocycles. The fourth-order valence-corrected chi connectivity index (χ4v) is 3.61. The number of aromatic nitrogens is 2. The molecule has 6 nitrogen and oxygen atoms in total. The van der Waals surface area contributed by atoms with E-state index in [0.717, 1.165) is 10.5 Å². The highest BCUT2D eigenvalue weighted by molar-refractivity contribution is 5.85. The van der Waals surface area contributed by atoms with E-state index in [2.05, 4.69) is 10.4 Å². The fourth-order valence-electron chi connectivity index (χ4n) is 3.61. The third-order valence-electron chi connectivity index (χ3n) is 4.99. The molecule has 1 aromatic rings. The molecule has 1 amide bonds. The third kappa shape index (κ3) is 3.78. The number of alkyl halides is 3. The number of hydrogen-bond acceptors (Lipinski definition) is 4. The van der Waals surface area contributed by atoms with Crippen molar-refractivity contribution >= 4 is 18.3 Å². The zero-order valence-corrected chi connectivity index (χ0v) is 14.6. The van der Waals surface area contributed by atoms with Crippen molar-refractivity contribution in [1.82, 2.24) is 20.0 Å². The van der Waals surface area contributed by atoms with E-state index in [9.17, 15) is 23.1 Å². The number of aryl methyl sites for hydroxylation is 1. The highest BCUT2D eigenvalue weighted by Gasteiger charge is 2.56. The van der Waals surface area contributed by atoms with Gasteiger partial charge in [-0.1, -0.05) is 0 Å². The summed E-state index contributed by atoms with van der Waals surface area (Å²) in [5.41, 5.74) is -1.92. The Morgan fingerprint density at radius 1 is 1.44 bits per heavy atom. The molecule has 2 fully saturated rings. The molecule has 0 saturated carbocycles. The monoisotopic (exact) mass is 382 g/mol. The Morgan fingerprint density at radius 3 is 2.76 bits per heavy atom. The number of amides is 1. The first-order valence-electron chi connectivity index (χ1n) is 7.98. The van der Waals surface area contributed by atoms with E-state index in [0.29, 0.717) is 13.1 Å². The number of piperidine rings is 1. The van der Waals surface area contributed by atoms with E-state index in [4.69, 9.17) is 0 Å². The minimum absolute atomic E-state index is 0. The molecule has 2 aliphatic heterocycles. The molecule has 2 aliphatic rings. The summed E-state index contributed by atoms with van der Waals surface area (Å²) < 4.78 is 40.9. The first kappa shape index (κ1) is 20.0. The topological polar surface area (TPSA) is 70.4 Å². The van der Waals surface area contributed by atoms with Gasteiger partial charge in [0, 0.05) is 38.8 Å². The number of nitrogens with one attached hydrogen (secondary N) is 1. The molecule has 10 heteroatoms. The minimum Gasteiger partial charge on any atom is -0.379 e. The predicted octanol–water partition coefficient (Wildman–Crippen LogP) is 1.06. The zero-order chi connectivity index (χ0) is 17.5. The quantitative estimate of drug-likeness (QED) is 0.802. The number of carbonyl (C=O) groups is 1. The average Bonchev–Trinajstić information content (AvgIpc) is 3.13. The number of β-amino-alcohol motifs (C(OH)–C–C–N with tert-alkyl or cyclic N) is 1. The van der Waals surface area contributed by atoms with Gasteiger partial charge in [-0.3, -0.25) is 9.48 Å². The van der Waals surface area contributed by atoms with Crippen molar-refractivity contribution in [2.45, 2.75) is 30.5 Å². The first-order valence-corrected chi connectivity index (χ1v) is 7.98. The summed E-state index contributed by atoms with van der Waals surface area (Å²) in [7, 11) is 1.77. The van der Waals surface area contributed by atoms with Crippen LogP contribution in [0.3, 0.4) is 0 Å². The van der Waals surface area contributed by atoms with Crippen molar-refractivity contribution in [3.05, 3.63) is 18.0 Å². The van der Waals surface area contributed by atoms with Crippen LogP contribution >= 0.6 is 12.4 Å². The molecular formula is C15H22ClF3N4O2. The SMILES string of the molecule is Cl.Cn1cc([C@H]2CNC[C@@H]2C(=O)N2CCCC(O)(C(F)(F)F)C2)cn1. The lowest BCUT2D eigenvalue weighted by Crippen LogP contribution is -2.59. The van der Waals surface area contributed by atoms with Gasteiger partial charge in [-0.2, -0.15) is 18.3 Å². The number of rotatable bonds is 2. The van der Waals surface area contributed by atoms with Crippen molar-refractivity contribution in [3.63, 3.8) is 0 Å². The number of hydrogen-bond donors (Lipinski definition) is 2. The second-order valence-corrected chi connectivity index (χ2v) is 6.71. The molecule has 25 heavy (non-hydrogen) atoms. The molecule has 0 bridgehead atoms. The average molecular weight is 383 g/mol. The van der Waals surface area contributed by atoms with Crippen molar-refractivity contribution in [1.29, 1.82) is 0 Å². The van der Waals surface area contributed by atoms with E-state index in [-0.39, 0.29) is 43.6 Å². The zero-order valence-electron chi connectivity index (χ0n) is 13.8. The Hall–Kier alpha value is -1.32. The number of likely N-dealkylation sites (tertiary alicyclic amines) is 1.